The predicted octanol–water partition coefficient (Wildman–Crippen LogP) is 4.56. The van der Waals surface area contributed by atoms with Crippen LogP contribution in [0.3, 0.4) is 0 Å². The van der Waals surface area contributed by atoms with Gasteiger partial charge in [0.1, 0.15) is 5.82 Å². The van der Waals surface area contributed by atoms with Crippen LogP contribution in [0.1, 0.15) is 17.2 Å². The molecule has 2 amide bonds. The Kier molecular flexibility index (Phi) is 4.88. The molecular formula is C16H14F4N2O. The van der Waals surface area contributed by atoms with Crippen molar-refractivity contribution in [3.63, 3.8) is 0 Å². The van der Waals surface area contributed by atoms with Crippen molar-refractivity contribution < 1.29 is 22.4 Å². The Bertz CT molecular complexity index is 683. The van der Waals surface area contributed by atoms with E-state index >= 15 is 0 Å². The first kappa shape index (κ1) is 16.8. The molecule has 3 nitrogen and oxygen atoms in total. The van der Waals surface area contributed by atoms with E-state index in [-0.39, 0.29) is 11.3 Å². The lowest BCUT2D eigenvalue weighted by Crippen LogP contribution is -2.40. The van der Waals surface area contributed by atoms with Crippen molar-refractivity contribution in [1.82, 2.24) is 5.32 Å². The first-order chi connectivity index (χ1) is 10.8. The normalized spacial score (nSPS) is 12.6. The summed E-state index contributed by atoms with van der Waals surface area (Å²) in [5.41, 5.74) is 0.493. The highest BCUT2D eigenvalue weighted by atomic mass is 19.4. The van der Waals surface area contributed by atoms with Gasteiger partial charge >= 0.3 is 12.2 Å². The molecule has 7 heteroatoms. The second-order valence-corrected chi connectivity index (χ2v) is 4.96. The molecule has 0 saturated heterocycles. The molecule has 2 aromatic rings. The van der Waals surface area contributed by atoms with Gasteiger partial charge in [-0.1, -0.05) is 42.0 Å². The number of benzene rings is 2. The Balaban J connectivity index is 2.17. The van der Waals surface area contributed by atoms with Gasteiger partial charge in [-0.2, -0.15) is 13.2 Å². The molecule has 0 unspecified atom stereocenters. The highest BCUT2D eigenvalue weighted by Gasteiger charge is 2.41. The number of anilines is 1. The van der Waals surface area contributed by atoms with Crippen LogP contribution in [0.4, 0.5) is 28.0 Å². The summed E-state index contributed by atoms with van der Waals surface area (Å²) in [6.45, 7) is 1.74. The molecular weight excluding hydrogens is 312 g/mol. The standard InChI is InChI=1S/C16H14F4N2O/c1-10-6-8-11(9-7-10)14(16(18,19)20)22-15(23)21-13-5-3-2-4-12(13)17/h2-9,14H,1H3,(H2,21,22,23)/t14-/m0/s1. The third-order valence-corrected chi connectivity index (χ3v) is 3.14. The topological polar surface area (TPSA) is 41.1 Å². The van der Waals surface area contributed by atoms with Crippen molar-refractivity contribution >= 4 is 11.7 Å². The van der Waals surface area contributed by atoms with E-state index < -0.39 is 24.1 Å². The Morgan fingerprint density at radius 1 is 1.04 bits per heavy atom. The number of carbonyl (C=O) groups excluding carboxylic acids is 1. The van der Waals surface area contributed by atoms with Crippen molar-refractivity contribution in [2.24, 2.45) is 0 Å². The number of nitrogens with one attached hydrogen (secondary N) is 2. The van der Waals surface area contributed by atoms with E-state index in [1.54, 1.807) is 6.92 Å². The van der Waals surface area contributed by atoms with Crippen molar-refractivity contribution in [3.8, 4) is 0 Å². The summed E-state index contributed by atoms with van der Waals surface area (Å²) >= 11 is 0. The largest absolute Gasteiger partial charge is 0.412 e. The number of amides is 2. The van der Waals surface area contributed by atoms with Gasteiger partial charge in [0.15, 0.2) is 6.04 Å². The predicted molar refractivity (Wildman–Crippen MR) is 78.5 cm³/mol. The lowest BCUT2D eigenvalue weighted by atomic mass is 10.0. The molecule has 0 fully saturated rings. The third kappa shape index (κ3) is 4.45. The van der Waals surface area contributed by atoms with Crippen LogP contribution in [-0.4, -0.2) is 12.2 Å². The van der Waals surface area contributed by atoms with E-state index in [2.05, 4.69) is 5.32 Å². The van der Waals surface area contributed by atoms with Gasteiger partial charge in [-0.15, -0.1) is 0 Å². The quantitative estimate of drug-likeness (QED) is 0.798. The summed E-state index contributed by atoms with van der Waals surface area (Å²) in [6, 6.07) is 7.50. The van der Waals surface area contributed by atoms with Crippen LogP contribution in [0.2, 0.25) is 0 Å². The van der Waals surface area contributed by atoms with Crippen LogP contribution in [-0.2, 0) is 0 Å². The van der Waals surface area contributed by atoms with Crippen molar-refractivity contribution in [2.75, 3.05) is 5.32 Å². The zero-order chi connectivity index (χ0) is 17.0. The highest BCUT2D eigenvalue weighted by molar-refractivity contribution is 5.89. The molecule has 122 valence electrons. The first-order valence-electron chi connectivity index (χ1n) is 6.72. The van der Waals surface area contributed by atoms with E-state index in [0.717, 1.165) is 11.6 Å². The lowest BCUT2D eigenvalue weighted by molar-refractivity contribution is -0.154. The maximum atomic E-state index is 13.4. The molecule has 2 rings (SSSR count). The molecule has 0 bridgehead atoms. The first-order valence-corrected chi connectivity index (χ1v) is 6.72. The van der Waals surface area contributed by atoms with Gasteiger partial charge in [0, 0.05) is 0 Å². The molecule has 0 heterocycles. The number of aryl methyl sites for hydroxylation is 1. The Labute approximate surface area is 130 Å². The molecule has 0 aliphatic rings. The summed E-state index contributed by atoms with van der Waals surface area (Å²) < 4.78 is 52.9. The second-order valence-electron chi connectivity index (χ2n) is 4.96. The number of para-hydroxylation sites is 1. The van der Waals surface area contributed by atoms with Crippen LogP contribution >= 0.6 is 0 Å². The van der Waals surface area contributed by atoms with Gasteiger partial charge in [0.2, 0.25) is 0 Å². The summed E-state index contributed by atoms with van der Waals surface area (Å²) in [5, 5.41) is 3.90. The summed E-state index contributed by atoms with van der Waals surface area (Å²) in [6.07, 6.45) is -4.68. The minimum absolute atomic E-state index is 0.105. The maximum absolute atomic E-state index is 13.4. The highest BCUT2D eigenvalue weighted by Crippen LogP contribution is 2.32. The number of carbonyl (C=O) groups is 1. The van der Waals surface area contributed by atoms with E-state index in [1.165, 1.54) is 42.5 Å². The van der Waals surface area contributed by atoms with E-state index in [9.17, 15) is 22.4 Å². The SMILES string of the molecule is Cc1ccc([C@H](NC(=O)Nc2ccccc2F)C(F)(F)F)cc1. The van der Waals surface area contributed by atoms with E-state index in [1.807, 2.05) is 5.32 Å². The van der Waals surface area contributed by atoms with Gasteiger partial charge in [-0.3, -0.25) is 0 Å². The fraction of sp³-hybridized carbons (Fsp3) is 0.188. The average molecular weight is 326 g/mol. The van der Waals surface area contributed by atoms with Gasteiger partial charge in [-0.25, -0.2) is 9.18 Å². The molecule has 2 N–H and O–H groups in total. The third-order valence-electron chi connectivity index (χ3n) is 3.14. The smallest absolute Gasteiger partial charge is 0.322 e. The molecule has 1 atom stereocenters. The number of hydrogen-bond donors (Lipinski definition) is 2. The summed E-state index contributed by atoms with van der Waals surface area (Å²) in [4.78, 5) is 11.8. The zero-order valence-corrected chi connectivity index (χ0v) is 12.1. The number of rotatable bonds is 3. The van der Waals surface area contributed by atoms with Crippen molar-refractivity contribution in [3.05, 3.63) is 65.5 Å². The fourth-order valence-electron chi connectivity index (χ4n) is 1.97. The molecule has 0 aromatic heterocycles. The van der Waals surface area contributed by atoms with E-state index in [4.69, 9.17) is 0 Å². The van der Waals surface area contributed by atoms with Gasteiger partial charge in [0.25, 0.3) is 0 Å². The minimum Gasteiger partial charge on any atom is -0.322 e. The van der Waals surface area contributed by atoms with Crippen LogP contribution in [0, 0.1) is 12.7 Å². The monoisotopic (exact) mass is 326 g/mol. The summed E-state index contributed by atoms with van der Waals surface area (Å²) in [5.74, 6) is -0.735. The van der Waals surface area contributed by atoms with Crippen molar-refractivity contribution in [2.45, 2.75) is 19.1 Å². The summed E-state index contributed by atoms with van der Waals surface area (Å²) in [7, 11) is 0. The lowest BCUT2D eigenvalue weighted by Gasteiger charge is -2.22. The molecule has 2 aromatic carbocycles. The van der Waals surface area contributed by atoms with Crippen LogP contribution < -0.4 is 10.6 Å². The van der Waals surface area contributed by atoms with E-state index in [0.29, 0.717) is 0 Å². The second kappa shape index (κ2) is 6.68. The Hall–Kier alpha value is -2.57. The van der Waals surface area contributed by atoms with Crippen molar-refractivity contribution in [1.29, 1.82) is 0 Å². The number of halogens is 4. The molecule has 0 spiro atoms. The Morgan fingerprint density at radius 3 is 2.22 bits per heavy atom. The minimum atomic E-state index is -4.68. The molecule has 0 saturated carbocycles. The number of hydrogen-bond acceptors (Lipinski definition) is 1. The number of urea groups is 1. The van der Waals surface area contributed by atoms with Gasteiger partial charge in [-0.05, 0) is 24.6 Å². The van der Waals surface area contributed by atoms with Crippen LogP contribution in [0.25, 0.3) is 0 Å². The molecule has 23 heavy (non-hydrogen) atoms. The molecule has 0 aliphatic heterocycles. The average Bonchev–Trinajstić information content (AvgIpc) is 2.47. The van der Waals surface area contributed by atoms with Gasteiger partial charge < -0.3 is 10.6 Å². The molecule has 0 aliphatic carbocycles. The zero-order valence-electron chi connectivity index (χ0n) is 12.1. The fourth-order valence-corrected chi connectivity index (χ4v) is 1.97. The molecule has 0 radical (unpaired) electrons. The van der Waals surface area contributed by atoms with Gasteiger partial charge in [0.05, 0.1) is 5.69 Å². The van der Waals surface area contributed by atoms with Crippen LogP contribution in [0.15, 0.2) is 48.5 Å². The number of alkyl halides is 3. The van der Waals surface area contributed by atoms with Crippen LogP contribution in [0.5, 0.6) is 0 Å². The maximum Gasteiger partial charge on any atom is 0.412 e. The Morgan fingerprint density at radius 2 is 1.65 bits per heavy atom.